The maximum Gasteiger partial charge on any atom is 0.224 e. The third-order valence-electron chi connectivity index (χ3n) is 2.89. The van der Waals surface area contributed by atoms with E-state index in [1.807, 2.05) is 0 Å². The Hall–Kier alpha value is -0.660. The number of terminal acetylenes is 1. The molecule has 0 aliphatic heterocycles. The van der Waals surface area contributed by atoms with Gasteiger partial charge in [0.25, 0.3) is 0 Å². The molecular weight excluding hydrogens is 220 g/mol. The molecule has 0 aromatic rings. The van der Waals surface area contributed by atoms with Gasteiger partial charge in [0.15, 0.2) is 0 Å². The zero-order valence-electron chi connectivity index (χ0n) is 9.58. The van der Waals surface area contributed by atoms with Gasteiger partial charge in [-0.15, -0.1) is 18.2 Å². The first-order chi connectivity index (χ1) is 7.75. The van der Waals surface area contributed by atoms with E-state index in [2.05, 4.69) is 11.2 Å². The van der Waals surface area contributed by atoms with Gasteiger partial charge in [-0.05, 0) is 12.8 Å². The Morgan fingerprint density at radius 3 is 2.94 bits per heavy atom. The van der Waals surface area contributed by atoms with Crippen LogP contribution in [0.1, 0.15) is 25.7 Å². The molecule has 0 radical (unpaired) electrons. The molecule has 3 nitrogen and oxygen atoms in total. The van der Waals surface area contributed by atoms with E-state index in [-0.39, 0.29) is 17.9 Å². The second-order valence-corrected chi connectivity index (χ2v) is 5.21. The highest BCUT2D eigenvalue weighted by molar-refractivity contribution is 7.99. The summed E-state index contributed by atoms with van der Waals surface area (Å²) in [5.74, 6) is 4.28. The van der Waals surface area contributed by atoms with E-state index in [1.165, 1.54) is 0 Å². The van der Waals surface area contributed by atoms with E-state index in [0.29, 0.717) is 12.3 Å². The number of hydrogen-bond acceptors (Lipinski definition) is 3. The molecule has 90 valence electrons. The zero-order valence-corrected chi connectivity index (χ0v) is 10.4. The Bertz CT molecular complexity index is 262. The lowest BCUT2D eigenvalue weighted by Gasteiger charge is -2.27. The highest BCUT2D eigenvalue weighted by Crippen LogP contribution is 2.22. The van der Waals surface area contributed by atoms with Gasteiger partial charge in [-0.3, -0.25) is 4.79 Å². The highest BCUT2D eigenvalue weighted by atomic mass is 32.2. The Morgan fingerprint density at radius 1 is 1.50 bits per heavy atom. The highest BCUT2D eigenvalue weighted by Gasteiger charge is 2.27. The topological polar surface area (TPSA) is 55.1 Å². The third-order valence-corrected chi connectivity index (χ3v) is 3.75. The third kappa shape index (κ3) is 4.46. The van der Waals surface area contributed by atoms with Crippen molar-refractivity contribution in [2.45, 2.75) is 31.7 Å². The van der Waals surface area contributed by atoms with Crippen molar-refractivity contribution in [2.24, 2.45) is 11.7 Å². The smallest absolute Gasteiger partial charge is 0.224 e. The van der Waals surface area contributed by atoms with Crippen LogP contribution in [0, 0.1) is 18.3 Å². The summed E-state index contributed by atoms with van der Waals surface area (Å²) in [6, 6.07) is 0.0483. The molecule has 1 aliphatic rings. The quantitative estimate of drug-likeness (QED) is 0.556. The standard InChI is InChI=1S/C12H20N2OS/c1-2-8-16-9-7-14-12(15)10-5-3-4-6-11(10)13/h1,10-11H,3-9,13H2,(H,14,15). The minimum absolute atomic E-state index is 0.0198. The molecule has 0 spiro atoms. The largest absolute Gasteiger partial charge is 0.355 e. The number of thioether (sulfide) groups is 1. The Kier molecular flexibility index (Phi) is 6.36. The first-order valence-corrected chi connectivity index (χ1v) is 6.95. The lowest BCUT2D eigenvalue weighted by molar-refractivity contribution is -0.126. The molecular formula is C12H20N2OS. The lowest BCUT2D eigenvalue weighted by Crippen LogP contribution is -2.44. The van der Waals surface area contributed by atoms with Gasteiger partial charge in [-0.25, -0.2) is 0 Å². The normalized spacial score (nSPS) is 24.8. The van der Waals surface area contributed by atoms with Crippen LogP contribution in [0.5, 0.6) is 0 Å². The van der Waals surface area contributed by atoms with Crippen molar-refractivity contribution >= 4 is 17.7 Å². The van der Waals surface area contributed by atoms with Crippen LogP contribution < -0.4 is 11.1 Å². The average molecular weight is 240 g/mol. The van der Waals surface area contributed by atoms with Crippen LogP contribution in [0.2, 0.25) is 0 Å². The Balaban J connectivity index is 2.16. The van der Waals surface area contributed by atoms with E-state index < -0.39 is 0 Å². The number of carbonyl (C=O) groups is 1. The Labute approximate surface area is 102 Å². The van der Waals surface area contributed by atoms with E-state index in [1.54, 1.807) is 11.8 Å². The maximum absolute atomic E-state index is 11.8. The van der Waals surface area contributed by atoms with Crippen LogP contribution in [0.15, 0.2) is 0 Å². The number of nitrogens with two attached hydrogens (primary N) is 1. The zero-order chi connectivity index (χ0) is 11.8. The van der Waals surface area contributed by atoms with E-state index in [0.717, 1.165) is 31.4 Å². The molecule has 2 unspecified atom stereocenters. The first-order valence-electron chi connectivity index (χ1n) is 5.80. The molecule has 0 aromatic carbocycles. The average Bonchev–Trinajstić information content (AvgIpc) is 2.29. The molecule has 1 fully saturated rings. The van der Waals surface area contributed by atoms with Crippen molar-refractivity contribution in [2.75, 3.05) is 18.1 Å². The van der Waals surface area contributed by atoms with Crippen LogP contribution in [0.3, 0.4) is 0 Å². The van der Waals surface area contributed by atoms with Gasteiger partial charge in [0.05, 0.1) is 11.7 Å². The number of rotatable bonds is 5. The molecule has 1 amide bonds. The van der Waals surface area contributed by atoms with Gasteiger partial charge in [-0.1, -0.05) is 18.8 Å². The molecule has 0 bridgehead atoms. The molecule has 1 saturated carbocycles. The van der Waals surface area contributed by atoms with Crippen LogP contribution in [0.25, 0.3) is 0 Å². The summed E-state index contributed by atoms with van der Waals surface area (Å²) >= 11 is 1.66. The minimum atomic E-state index is 0.0198. The summed E-state index contributed by atoms with van der Waals surface area (Å²) in [6.07, 6.45) is 9.32. The van der Waals surface area contributed by atoms with Crippen LogP contribution in [-0.2, 0) is 4.79 Å². The Morgan fingerprint density at radius 2 is 2.25 bits per heavy atom. The molecule has 0 aromatic heterocycles. The van der Waals surface area contributed by atoms with Crippen molar-refractivity contribution in [1.29, 1.82) is 0 Å². The van der Waals surface area contributed by atoms with Gasteiger partial charge in [0.1, 0.15) is 0 Å². The molecule has 1 aliphatic carbocycles. The van der Waals surface area contributed by atoms with Gasteiger partial charge >= 0.3 is 0 Å². The number of nitrogens with one attached hydrogen (secondary N) is 1. The fourth-order valence-electron chi connectivity index (χ4n) is 1.99. The van der Waals surface area contributed by atoms with Crippen molar-refractivity contribution in [3.05, 3.63) is 0 Å². The predicted molar refractivity (Wildman–Crippen MR) is 69.1 cm³/mol. The van der Waals surface area contributed by atoms with Gasteiger partial charge in [0.2, 0.25) is 5.91 Å². The summed E-state index contributed by atoms with van der Waals surface area (Å²) in [6.45, 7) is 0.689. The first kappa shape index (κ1) is 13.4. The summed E-state index contributed by atoms with van der Waals surface area (Å²) in [4.78, 5) is 11.8. The second-order valence-electron chi connectivity index (χ2n) is 4.10. The summed E-state index contributed by atoms with van der Waals surface area (Å²) in [5, 5.41) is 2.93. The molecule has 2 atom stereocenters. The maximum atomic E-state index is 11.8. The van der Waals surface area contributed by atoms with E-state index in [4.69, 9.17) is 12.2 Å². The molecule has 0 saturated heterocycles. The van der Waals surface area contributed by atoms with Crippen LogP contribution in [0.4, 0.5) is 0 Å². The molecule has 16 heavy (non-hydrogen) atoms. The molecule has 4 heteroatoms. The molecule has 3 N–H and O–H groups in total. The van der Waals surface area contributed by atoms with Gasteiger partial charge in [0, 0.05) is 18.3 Å². The second kappa shape index (κ2) is 7.59. The van der Waals surface area contributed by atoms with Crippen molar-refractivity contribution in [3.63, 3.8) is 0 Å². The molecule has 0 heterocycles. The SMILES string of the molecule is C#CCSCCNC(=O)C1CCCCC1N. The lowest BCUT2D eigenvalue weighted by atomic mass is 9.84. The number of amides is 1. The fraction of sp³-hybridized carbons (Fsp3) is 0.750. The van der Waals surface area contributed by atoms with Crippen molar-refractivity contribution in [1.82, 2.24) is 5.32 Å². The van der Waals surface area contributed by atoms with Crippen molar-refractivity contribution in [3.8, 4) is 12.3 Å². The van der Waals surface area contributed by atoms with Gasteiger partial charge in [-0.2, -0.15) is 0 Å². The monoisotopic (exact) mass is 240 g/mol. The van der Waals surface area contributed by atoms with E-state index >= 15 is 0 Å². The van der Waals surface area contributed by atoms with Crippen LogP contribution >= 0.6 is 11.8 Å². The summed E-state index contributed by atoms with van der Waals surface area (Å²) in [5.41, 5.74) is 5.94. The number of hydrogen-bond donors (Lipinski definition) is 2. The predicted octanol–water partition coefficient (Wildman–Crippen LogP) is 0.986. The summed E-state index contributed by atoms with van der Waals surface area (Å²) < 4.78 is 0. The van der Waals surface area contributed by atoms with Crippen molar-refractivity contribution < 1.29 is 4.79 Å². The summed E-state index contributed by atoms with van der Waals surface area (Å²) in [7, 11) is 0. The minimum Gasteiger partial charge on any atom is -0.355 e. The van der Waals surface area contributed by atoms with E-state index in [9.17, 15) is 4.79 Å². The van der Waals surface area contributed by atoms with Crippen LogP contribution in [-0.4, -0.2) is 30.0 Å². The fourth-order valence-corrected chi connectivity index (χ4v) is 2.50. The van der Waals surface area contributed by atoms with Gasteiger partial charge < -0.3 is 11.1 Å². The molecule has 1 rings (SSSR count). The number of carbonyl (C=O) groups excluding carboxylic acids is 1.